The molecule has 6 aromatic carbocycles. The maximum Gasteiger partial charge on any atom is 0.0703 e. The standard InChI is InChI=1S/C39H30N2/c1-39(2)33-15-7-6-14-31(33)32-25-22-28(26-34(32)39)27-20-23-30(24-21-27)41-37-18-10-8-16-35(37)40(29-12-4-3-5-13-29)36-17-9-11-19-38(36)41/h3-26H,1-2H3. The number of para-hydroxylation sites is 5. The van der Waals surface area contributed by atoms with Crippen molar-refractivity contribution in [3.8, 4) is 22.3 Å². The summed E-state index contributed by atoms with van der Waals surface area (Å²) in [6.45, 7) is 4.68. The summed E-state index contributed by atoms with van der Waals surface area (Å²) in [5, 5.41) is 0. The van der Waals surface area contributed by atoms with Crippen LogP contribution in [0.5, 0.6) is 0 Å². The van der Waals surface area contributed by atoms with Crippen LogP contribution in [0.1, 0.15) is 25.0 Å². The first-order valence-electron chi connectivity index (χ1n) is 14.3. The van der Waals surface area contributed by atoms with Gasteiger partial charge in [0.05, 0.1) is 22.7 Å². The highest BCUT2D eigenvalue weighted by Crippen LogP contribution is 2.54. The predicted molar refractivity (Wildman–Crippen MR) is 172 cm³/mol. The summed E-state index contributed by atoms with van der Waals surface area (Å²) < 4.78 is 0. The van der Waals surface area contributed by atoms with Gasteiger partial charge < -0.3 is 9.80 Å². The zero-order valence-corrected chi connectivity index (χ0v) is 23.3. The van der Waals surface area contributed by atoms with Gasteiger partial charge >= 0.3 is 0 Å². The van der Waals surface area contributed by atoms with Crippen molar-refractivity contribution in [3.05, 3.63) is 157 Å². The normalized spacial score (nSPS) is 14.2. The molecule has 0 radical (unpaired) electrons. The van der Waals surface area contributed by atoms with Gasteiger partial charge in [-0.1, -0.05) is 105 Å². The molecule has 0 N–H and O–H groups in total. The molecule has 2 nitrogen and oxygen atoms in total. The van der Waals surface area contributed by atoms with Crippen molar-refractivity contribution >= 4 is 34.1 Å². The third kappa shape index (κ3) is 3.57. The summed E-state index contributed by atoms with van der Waals surface area (Å²) in [7, 11) is 0. The van der Waals surface area contributed by atoms with Crippen LogP contribution in [0, 0.1) is 0 Å². The molecule has 1 aliphatic heterocycles. The van der Waals surface area contributed by atoms with E-state index in [9.17, 15) is 0 Å². The molecular weight excluding hydrogens is 496 g/mol. The minimum atomic E-state index is -0.00622. The number of hydrogen-bond donors (Lipinski definition) is 0. The van der Waals surface area contributed by atoms with Crippen LogP contribution in [-0.2, 0) is 5.41 Å². The van der Waals surface area contributed by atoms with Crippen molar-refractivity contribution in [2.24, 2.45) is 0 Å². The lowest BCUT2D eigenvalue weighted by Gasteiger charge is -2.40. The van der Waals surface area contributed by atoms with Crippen molar-refractivity contribution in [1.82, 2.24) is 0 Å². The number of rotatable bonds is 3. The van der Waals surface area contributed by atoms with Crippen LogP contribution in [0.4, 0.5) is 34.1 Å². The second-order valence-electron chi connectivity index (χ2n) is 11.5. The molecule has 2 heteroatoms. The SMILES string of the molecule is CC1(C)c2ccccc2-c2ccc(-c3ccc(N4c5ccccc5N(c5ccccc5)c5ccccc54)cc3)cc21. The number of benzene rings is 6. The quantitative estimate of drug-likeness (QED) is 0.226. The lowest BCUT2D eigenvalue weighted by molar-refractivity contribution is 0.660. The average molecular weight is 527 g/mol. The number of hydrogen-bond acceptors (Lipinski definition) is 2. The number of anilines is 6. The first-order chi connectivity index (χ1) is 20.1. The van der Waals surface area contributed by atoms with E-state index in [0.717, 1.165) is 11.4 Å². The third-order valence-corrected chi connectivity index (χ3v) is 8.78. The van der Waals surface area contributed by atoms with Crippen LogP contribution in [-0.4, -0.2) is 0 Å². The van der Waals surface area contributed by atoms with Gasteiger partial charge in [0.1, 0.15) is 0 Å². The van der Waals surface area contributed by atoms with Gasteiger partial charge in [-0.3, -0.25) is 0 Å². The lowest BCUT2D eigenvalue weighted by atomic mass is 9.81. The second-order valence-corrected chi connectivity index (χ2v) is 11.5. The fraction of sp³-hybridized carbons (Fsp3) is 0.0769. The summed E-state index contributed by atoms with van der Waals surface area (Å²) in [6, 6.07) is 52.8. The predicted octanol–water partition coefficient (Wildman–Crippen LogP) is 10.9. The van der Waals surface area contributed by atoms with Gasteiger partial charge in [0, 0.05) is 16.8 Å². The molecule has 8 rings (SSSR count). The van der Waals surface area contributed by atoms with Crippen molar-refractivity contribution in [3.63, 3.8) is 0 Å². The Morgan fingerprint density at radius 1 is 0.390 bits per heavy atom. The maximum atomic E-state index is 2.40. The van der Waals surface area contributed by atoms with Crippen LogP contribution in [0.3, 0.4) is 0 Å². The van der Waals surface area contributed by atoms with Gasteiger partial charge in [-0.25, -0.2) is 0 Å². The highest BCUT2D eigenvalue weighted by molar-refractivity contribution is 6.01. The smallest absolute Gasteiger partial charge is 0.0703 e. The van der Waals surface area contributed by atoms with Crippen LogP contribution < -0.4 is 9.80 Å². The second kappa shape index (κ2) is 8.97. The van der Waals surface area contributed by atoms with Gasteiger partial charge in [0.2, 0.25) is 0 Å². The molecular formula is C39H30N2. The van der Waals surface area contributed by atoms with E-state index in [1.807, 2.05) is 0 Å². The van der Waals surface area contributed by atoms with Gasteiger partial charge in [-0.05, 0) is 88.0 Å². The molecule has 0 saturated heterocycles. The zero-order chi connectivity index (χ0) is 27.6. The Hall–Kier alpha value is -5.08. The highest BCUT2D eigenvalue weighted by atomic mass is 15.3. The van der Waals surface area contributed by atoms with E-state index >= 15 is 0 Å². The lowest BCUT2D eigenvalue weighted by Crippen LogP contribution is -2.23. The molecule has 1 heterocycles. The first-order valence-corrected chi connectivity index (χ1v) is 14.3. The van der Waals surface area contributed by atoms with E-state index in [1.165, 1.54) is 56.1 Å². The van der Waals surface area contributed by atoms with Gasteiger partial charge in [0.15, 0.2) is 0 Å². The molecule has 0 saturated carbocycles. The Kier molecular flexibility index (Phi) is 5.20. The van der Waals surface area contributed by atoms with E-state index < -0.39 is 0 Å². The molecule has 0 fully saturated rings. The molecule has 196 valence electrons. The zero-order valence-electron chi connectivity index (χ0n) is 23.3. The summed E-state index contributed by atoms with van der Waals surface area (Å²) in [4.78, 5) is 4.75. The van der Waals surface area contributed by atoms with E-state index in [2.05, 4.69) is 169 Å². The van der Waals surface area contributed by atoms with E-state index in [0.29, 0.717) is 0 Å². The Morgan fingerprint density at radius 3 is 1.46 bits per heavy atom. The van der Waals surface area contributed by atoms with E-state index in [1.54, 1.807) is 0 Å². The van der Waals surface area contributed by atoms with Gasteiger partial charge in [-0.15, -0.1) is 0 Å². The molecule has 1 aliphatic carbocycles. The largest absolute Gasteiger partial charge is 0.306 e. The first kappa shape index (κ1) is 23.8. The summed E-state index contributed by atoms with van der Waals surface area (Å²) in [5.74, 6) is 0. The molecule has 0 aromatic heterocycles. The highest BCUT2D eigenvalue weighted by Gasteiger charge is 2.35. The summed E-state index contributed by atoms with van der Waals surface area (Å²) in [5.41, 5.74) is 15.0. The fourth-order valence-corrected chi connectivity index (χ4v) is 6.76. The van der Waals surface area contributed by atoms with Crippen LogP contribution in [0.2, 0.25) is 0 Å². The van der Waals surface area contributed by atoms with Crippen LogP contribution in [0.15, 0.2) is 146 Å². The Morgan fingerprint density at radius 2 is 0.854 bits per heavy atom. The third-order valence-electron chi connectivity index (χ3n) is 8.78. The maximum absolute atomic E-state index is 2.40. The number of nitrogens with zero attached hydrogens (tertiary/aromatic N) is 2. The molecule has 6 aromatic rings. The van der Waals surface area contributed by atoms with E-state index in [-0.39, 0.29) is 5.41 Å². The monoisotopic (exact) mass is 526 g/mol. The van der Waals surface area contributed by atoms with Crippen molar-refractivity contribution in [1.29, 1.82) is 0 Å². The van der Waals surface area contributed by atoms with Gasteiger partial charge in [0.25, 0.3) is 0 Å². The molecule has 2 aliphatic rings. The minimum Gasteiger partial charge on any atom is -0.306 e. The topological polar surface area (TPSA) is 6.48 Å². The van der Waals surface area contributed by atoms with Gasteiger partial charge in [-0.2, -0.15) is 0 Å². The van der Waals surface area contributed by atoms with Crippen molar-refractivity contribution in [2.75, 3.05) is 9.80 Å². The van der Waals surface area contributed by atoms with Crippen LogP contribution in [0.25, 0.3) is 22.3 Å². The summed E-state index contributed by atoms with van der Waals surface area (Å²) >= 11 is 0. The molecule has 0 unspecified atom stereocenters. The Balaban J connectivity index is 1.21. The molecule has 0 atom stereocenters. The molecule has 0 spiro atoms. The summed E-state index contributed by atoms with van der Waals surface area (Å²) in [6.07, 6.45) is 0. The Labute approximate surface area is 241 Å². The number of fused-ring (bicyclic) bond motifs is 5. The van der Waals surface area contributed by atoms with Crippen molar-refractivity contribution < 1.29 is 0 Å². The molecule has 0 bridgehead atoms. The average Bonchev–Trinajstić information content (AvgIpc) is 3.26. The minimum absolute atomic E-state index is 0.00622. The molecule has 41 heavy (non-hydrogen) atoms. The Bertz CT molecular complexity index is 1870. The fourth-order valence-electron chi connectivity index (χ4n) is 6.76. The van der Waals surface area contributed by atoms with E-state index in [4.69, 9.17) is 0 Å². The molecule has 0 amide bonds. The van der Waals surface area contributed by atoms with Crippen molar-refractivity contribution in [2.45, 2.75) is 19.3 Å². The van der Waals surface area contributed by atoms with Crippen LogP contribution >= 0.6 is 0 Å².